The molecule has 0 unspecified atom stereocenters. The molecule has 0 spiro atoms. The van der Waals surface area contributed by atoms with Gasteiger partial charge in [-0.1, -0.05) is 0 Å². The van der Waals surface area contributed by atoms with Crippen molar-refractivity contribution < 1.29 is 0 Å². The first-order valence-corrected chi connectivity index (χ1v) is 5.01. The molecule has 0 radical (unpaired) electrons. The van der Waals surface area contributed by atoms with Crippen molar-refractivity contribution in [1.29, 1.82) is 0 Å². The number of aromatic nitrogens is 2. The molecule has 1 aliphatic carbocycles. The molecule has 14 heavy (non-hydrogen) atoms. The lowest BCUT2D eigenvalue weighted by Gasteiger charge is -2.27. The van der Waals surface area contributed by atoms with E-state index in [-0.39, 0.29) is 0 Å². The first-order valence-electron chi connectivity index (χ1n) is 5.01. The topological polar surface area (TPSA) is 41.1 Å². The van der Waals surface area contributed by atoms with Crippen molar-refractivity contribution in [2.24, 2.45) is 0 Å². The summed E-state index contributed by atoms with van der Waals surface area (Å²) in [6, 6.07) is 0.613. The Bertz CT molecular complexity index is 307. The average Bonchev–Trinajstić information content (AvgIpc) is 2.12. The second kappa shape index (κ2) is 3.82. The molecule has 1 aliphatic rings. The van der Waals surface area contributed by atoms with Gasteiger partial charge in [-0.25, -0.2) is 4.98 Å². The van der Waals surface area contributed by atoms with Crippen LogP contribution in [-0.4, -0.2) is 30.1 Å². The van der Waals surface area contributed by atoms with Gasteiger partial charge in [-0.05, 0) is 19.3 Å². The van der Waals surface area contributed by atoms with Crippen LogP contribution in [-0.2, 0) is 0 Å². The number of nitrogens with zero attached hydrogens (tertiary/aromatic N) is 3. The van der Waals surface area contributed by atoms with Crippen molar-refractivity contribution in [3.05, 3.63) is 12.4 Å². The molecule has 0 aliphatic heterocycles. The standard InChI is InChI=1S/C10H16N4/c1-14(2)10-7-11-6-9(13-10)12-8-4-3-5-8/h6-8H,3-5H2,1-2H3,(H,12,13). The van der Waals surface area contributed by atoms with Gasteiger partial charge in [-0.2, -0.15) is 0 Å². The van der Waals surface area contributed by atoms with Crippen molar-refractivity contribution in [2.75, 3.05) is 24.3 Å². The van der Waals surface area contributed by atoms with E-state index in [2.05, 4.69) is 15.3 Å². The second-order valence-electron chi connectivity index (χ2n) is 3.93. The molecule has 4 nitrogen and oxygen atoms in total. The number of nitrogens with one attached hydrogen (secondary N) is 1. The Hall–Kier alpha value is -1.32. The van der Waals surface area contributed by atoms with E-state index in [0.29, 0.717) is 6.04 Å². The summed E-state index contributed by atoms with van der Waals surface area (Å²) in [6.45, 7) is 0. The number of hydrogen-bond donors (Lipinski definition) is 1. The minimum atomic E-state index is 0.613. The van der Waals surface area contributed by atoms with Crippen LogP contribution in [0.1, 0.15) is 19.3 Å². The van der Waals surface area contributed by atoms with E-state index in [4.69, 9.17) is 0 Å². The van der Waals surface area contributed by atoms with Gasteiger partial charge >= 0.3 is 0 Å². The zero-order valence-corrected chi connectivity index (χ0v) is 8.70. The van der Waals surface area contributed by atoms with E-state index in [0.717, 1.165) is 11.6 Å². The van der Waals surface area contributed by atoms with Crippen molar-refractivity contribution in [1.82, 2.24) is 9.97 Å². The first-order chi connectivity index (χ1) is 6.75. The Morgan fingerprint density at radius 3 is 2.71 bits per heavy atom. The van der Waals surface area contributed by atoms with Gasteiger partial charge in [0.2, 0.25) is 0 Å². The van der Waals surface area contributed by atoms with Crippen LogP contribution in [0, 0.1) is 0 Å². The minimum absolute atomic E-state index is 0.613. The fourth-order valence-electron chi connectivity index (χ4n) is 1.40. The van der Waals surface area contributed by atoms with Crippen LogP contribution in [0.3, 0.4) is 0 Å². The zero-order chi connectivity index (χ0) is 9.97. The zero-order valence-electron chi connectivity index (χ0n) is 8.70. The Kier molecular flexibility index (Phi) is 2.52. The molecule has 0 saturated heterocycles. The second-order valence-corrected chi connectivity index (χ2v) is 3.93. The largest absolute Gasteiger partial charge is 0.366 e. The van der Waals surface area contributed by atoms with Crippen LogP contribution < -0.4 is 10.2 Å². The molecule has 0 amide bonds. The maximum atomic E-state index is 4.45. The Labute approximate surface area is 84.4 Å². The summed E-state index contributed by atoms with van der Waals surface area (Å²) in [4.78, 5) is 10.6. The molecule has 1 aromatic rings. The summed E-state index contributed by atoms with van der Waals surface area (Å²) in [6.07, 6.45) is 7.40. The lowest BCUT2D eigenvalue weighted by Crippen LogP contribution is -2.27. The molecule has 2 rings (SSSR count). The Morgan fingerprint density at radius 1 is 1.36 bits per heavy atom. The molecule has 4 heteroatoms. The highest BCUT2D eigenvalue weighted by Gasteiger charge is 2.17. The third-order valence-corrected chi connectivity index (χ3v) is 2.54. The number of anilines is 2. The summed E-state index contributed by atoms with van der Waals surface area (Å²) in [5.41, 5.74) is 0. The van der Waals surface area contributed by atoms with Gasteiger partial charge in [-0.3, -0.25) is 4.98 Å². The van der Waals surface area contributed by atoms with Crippen molar-refractivity contribution in [3.8, 4) is 0 Å². The summed E-state index contributed by atoms with van der Waals surface area (Å²) in [5.74, 6) is 1.79. The molecular formula is C10H16N4. The Balaban J connectivity index is 2.05. The van der Waals surface area contributed by atoms with E-state index in [1.807, 2.05) is 19.0 Å². The SMILES string of the molecule is CN(C)c1cncc(NC2CCC2)n1. The third kappa shape index (κ3) is 1.95. The van der Waals surface area contributed by atoms with E-state index < -0.39 is 0 Å². The number of rotatable bonds is 3. The van der Waals surface area contributed by atoms with Crippen molar-refractivity contribution in [2.45, 2.75) is 25.3 Å². The lowest BCUT2D eigenvalue weighted by atomic mass is 9.93. The van der Waals surface area contributed by atoms with Gasteiger partial charge in [0, 0.05) is 20.1 Å². The monoisotopic (exact) mass is 192 g/mol. The molecule has 76 valence electrons. The van der Waals surface area contributed by atoms with Crippen LogP contribution in [0.25, 0.3) is 0 Å². The number of hydrogen-bond acceptors (Lipinski definition) is 4. The van der Waals surface area contributed by atoms with Crippen LogP contribution >= 0.6 is 0 Å². The predicted molar refractivity (Wildman–Crippen MR) is 57.6 cm³/mol. The van der Waals surface area contributed by atoms with E-state index in [9.17, 15) is 0 Å². The highest BCUT2D eigenvalue weighted by molar-refractivity contribution is 5.43. The van der Waals surface area contributed by atoms with Gasteiger partial charge < -0.3 is 10.2 Å². The molecule has 1 fully saturated rings. The molecule has 1 saturated carbocycles. The molecule has 1 N–H and O–H groups in total. The van der Waals surface area contributed by atoms with Gasteiger partial charge in [-0.15, -0.1) is 0 Å². The molecule has 1 aromatic heterocycles. The van der Waals surface area contributed by atoms with Crippen LogP contribution in [0.5, 0.6) is 0 Å². The maximum absolute atomic E-state index is 4.45. The van der Waals surface area contributed by atoms with Gasteiger partial charge in [0.25, 0.3) is 0 Å². The molecule has 1 heterocycles. The summed E-state index contributed by atoms with van der Waals surface area (Å²) < 4.78 is 0. The van der Waals surface area contributed by atoms with Crippen LogP contribution in [0.15, 0.2) is 12.4 Å². The van der Waals surface area contributed by atoms with Crippen LogP contribution in [0.4, 0.5) is 11.6 Å². The van der Waals surface area contributed by atoms with Crippen molar-refractivity contribution in [3.63, 3.8) is 0 Å². The smallest absolute Gasteiger partial charge is 0.149 e. The highest BCUT2D eigenvalue weighted by atomic mass is 15.2. The van der Waals surface area contributed by atoms with Crippen LogP contribution in [0.2, 0.25) is 0 Å². The molecule has 0 atom stereocenters. The van der Waals surface area contributed by atoms with Gasteiger partial charge in [0.1, 0.15) is 11.6 Å². The molecule has 0 bridgehead atoms. The van der Waals surface area contributed by atoms with Crippen molar-refractivity contribution >= 4 is 11.6 Å². The maximum Gasteiger partial charge on any atom is 0.149 e. The average molecular weight is 192 g/mol. The Morgan fingerprint density at radius 2 is 2.14 bits per heavy atom. The van der Waals surface area contributed by atoms with Gasteiger partial charge in [0.05, 0.1) is 12.4 Å². The van der Waals surface area contributed by atoms with E-state index >= 15 is 0 Å². The highest BCUT2D eigenvalue weighted by Crippen LogP contribution is 2.22. The predicted octanol–water partition coefficient (Wildman–Crippen LogP) is 1.51. The minimum Gasteiger partial charge on any atom is -0.366 e. The quantitative estimate of drug-likeness (QED) is 0.788. The summed E-state index contributed by atoms with van der Waals surface area (Å²) in [7, 11) is 3.94. The molecule has 0 aromatic carbocycles. The third-order valence-electron chi connectivity index (χ3n) is 2.54. The van der Waals surface area contributed by atoms with E-state index in [1.54, 1.807) is 12.4 Å². The lowest BCUT2D eigenvalue weighted by molar-refractivity contribution is 0.444. The van der Waals surface area contributed by atoms with Gasteiger partial charge in [0.15, 0.2) is 0 Å². The van der Waals surface area contributed by atoms with E-state index in [1.165, 1.54) is 19.3 Å². The fourth-order valence-corrected chi connectivity index (χ4v) is 1.40. The fraction of sp³-hybridized carbons (Fsp3) is 0.600. The molecular weight excluding hydrogens is 176 g/mol. The first kappa shape index (κ1) is 9.24. The normalized spacial score (nSPS) is 16.1. The summed E-state index contributed by atoms with van der Waals surface area (Å²) >= 11 is 0. The summed E-state index contributed by atoms with van der Waals surface area (Å²) in [5, 5.41) is 3.37.